The SMILES string of the molecule is COc1ccc(-c2nc3n(c2C)C(C)C(N)CC3)cc1F. The average molecular weight is 289 g/mol. The second-order valence-electron chi connectivity index (χ2n) is 5.62. The van der Waals surface area contributed by atoms with Gasteiger partial charge >= 0.3 is 0 Å². The van der Waals surface area contributed by atoms with E-state index >= 15 is 0 Å². The van der Waals surface area contributed by atoms with E-state index in [9.17, 15) is 4.39 Å². The van der Waals surface area contributed by atoms with Gasteiger partial charge in [-0.1, -0.05) is 0 Å². The van der Waals surface area contributed by atoms with Crippen LogP contribution in [0.5, 0.6) is 5.75 Å². The van der Waals surface area contributed by atoms with Crippen LogP contribution in [0.3, 0.4) is 0 Å². The zero-order valence-corrected chi connectivity index (χ0v) is 12.6. The molecule has 2 unspecified atom stereocenters. The minimum absolute atomic E-state index is 0.144. The maximum absolute atomic E-state index is 13.9. The molecule has 1 aromatic carbocycles. The van der Waals surface area contributed by atoms with Gasteiger partial charge in [-0.15, -0.1) is 0 Å². The number of halogens is 1. The minimum Gasteiger partial charge on any atom is -0.494 e. The first-order valence-electron chi connectivity index (χ1n) is 7.20. The number of benzene rings is 1. The van der Waals surface area contributed by atoms with Gasteiger partial charge in [0.05, 0.1) is 12.8 Å². The van der Waals surface area contributed by atoms with Gasteiger partial charge in [0.25, 0.3) is 0 Å². The smallest absolute Gasteiger partial charge is 0.165 e. The van der Waals surface area contributed by atoms with E-state index in [0.717, 1.165) is 35.6 Å². The summed E-state index contributed by atoms with van der Waals surface area (Å²) in [6.45, 7) is 4.13. The molecule has 0 spiro atoms. The van der Waals surface area contributed by atoms with Gasteiger partial charge in [0.15, 0.2) is 11.6 Å². The Hall–Kier alpha value is -1.88. The van der Waals surface area contributed by atoms with Gasteiger partial charge in [-0.25, -0.2) is 9.37 Å². The first kappa shape index (κ1) is 14.1. The van der Waals surface area contributed by atoms with Crippen LogP contribution in [0, 0.1) is 12.7 Å². The first-order valence-corrected chi connectivity index (χ1v) is 7.20. The van der Waals surface area contributed by atoms with E-state index in [1.165, 1.54) is 13.2 Å². The Morgan fingerprint density at radius 2 is 2.19 bits per heavy atom. The quantitative estimate of drug-likeness (QED) is 0.925. The van der Waals surface area contributed by atoms with Crippen LogP contribution in [0.1, 0.15) is 30.9 Å². The summed E-state index contributed by atoms with van der Waals surface area (Å²) in [7, 11) is 1.46. The van der Waals surface area contributed by atoms with E-state index in [1.807, 2.05) is 13.0 Å². The molecule has 2 aromatic rings. The molecule has 0 aliphatic carbocycles. The van der Waals surface area contributed by atoms with E-state index in [2.05, 4.69) is 11.5 Å². The van der Waals surface area contributed by atoms with Crippen molar-refractivity contribution in [2.24, 2.45) is 5.73 Å². The standard InChI is InChI=1S/C16H20FN3O/c1-9-13(18)5-7-15-19-16(10(2)20(9)15)11-4-6-14(21-3)12(17)8-11/h4,6,8-9,13H,5,7,18H2,1-3H3. The second kappa shape index (κ2) is 5.15. The maximum atomic E-state index is 13.9. The van der Waals surface area contributed by atoms with E-state index in [-0.39, 0.29) is 23.7 Å². The molecule has 0 fully saturated rings. The van der Waals surface area contributed by atoms with Crippen LogP contribution in [0.2, 0.25) is 0 Å². The zero-order valence-electron chi connectivity index (χ0n) is 12.6. The number of imidazole rings is 1. The van der Waals surface area contributed by atoms with E-state index in [4.69, 9.17) is 15.5 Å². The van der Waals surface area contributed by atoms with Crippen molar-refractivity contribution in [1.82, 2.24) is 9.55 Å². The van der Waals surface area contributed by atoms with Crippen LogP contribution in [0.4, 0.5) is 4.39 Å². The number of nitrogens with zero attached hydrogens (tertiary/aromatic N) is 2. The summed E-state index contributed by atoms with van der Waals surface area (Å²) in [4.78, 5) is 4.70. The Morgan fingerprint density at radius 3 is 2.86 bits per heavy atom. The predicted octanol–water partition coefficient (Wildman–Crippen LogP) is 2.84. The van der Waals surface area contributed by atoms with Crippen LogP contribution >= 0.6 is 0 Å². The van der Waals surface area contributed by atoms with Gasteiger partial charge in [0.2, 0.25) is 0 Å². The fourth-order valence-electron chi connectivity index (χ4n) is 3.10. The van der Waals surface area contributed by atoms with Crippen molar-refractivity contribution in [2.45, 2.75) is 38.8 Å². The summed E-state index contributed by atoms with van der Waals surface area (Å²) in [5.74, 6) is 0.911. The molecular formula is C16H20FN3O. The molecule has 21 heavy (non-hydrogen) atoms. The van der Waals surface area contributed by atoms with Crippen molar-refractivity contribution in [3.8, 4) is 17.0 Å². The van der Waals surface area contributed by atoms with Crippen LogP contribution in [0.25, 0.3) is 11.3 Å². The Kier molecular flexibility index (Phi) is 3.45. The number of fused-ring (bicyclic) bond motifs is 1. The molecule has 0 saturated carbocycles. The Bertz CT molecular complexity index is 680. The first-order chi connectivity index (χ1) is 10.0. The van der Waals surface area contributed by atoms with Crippen molar-refractivity contribution in [1.29, 1.82) is 0 Å². The molecule has 1 aromatic heterocycles. The fraction of sp³-hybridized carbons (Fsp3) is 0.438. The Balaban J connectivity index is 2.08. The van der Waals surface area contributed by atoms with Gasteiger partial charge in [-0.3, -0.25) is 0 Å². The highest BCUT2D eigenvalue weighted by Gasteiger charge is 2.27. The summed E-state index contributed by atoms with van der Waals surface area (Å²) in [5, 5.41) is 0. The van der Waals surface area contributed by atoms with E-state index < -0.39 is 0 Å². The van der Waals surface area contributed by atoms with E-state index in [1.54, 1.807) is 6.07 Å². The average Bonchev–Trinajstić information content (AvgIpc) is 2.80. The normalized spacial score (nSPS) is 21.2. The zero-order chi connectivity index (χ0) is 15.1. The molecule has 2 atom stereocenters. The van der Waals surface area contributed by atoms with E-state index in [0.29, 0.717) is 0 Å². The highest BCUT2D eigenvalue weighted by Crippen LogP contribution is 2.33. The third kappa shape index (κ3) is 2.21. The van der Waals surface area contributed by atoms with Crippen LogP contribution < -0.4 is 10.5 Å². The van der Waals surface area contributed by atoms with Gasteiger partial charge in [-0.2, -0.15) is 0 Å². The molecule has 2 heterocycles. The molecule has 0 amide bonds. The molecule has 0 saturated heterocycles. The largest absolute Gasteiger partial charge is 0.494 e. The lowest BCUT2D eigenvalue weighted by Crippen LogP contribution is -2.36. The second-order valence-corrected chi connectivity index (χ2v) is 5.62. The summed E-state index contributed by atoms with van der Waals surface area (Å²) in [6, 6.07) is 5.32. The molecule has 112 valence electrons. The summed E-state index contributed by atoms with van der Waals surface area (Å²) >= 11 is 0. The van der Waals surface area contributed by atoms with Crippen molar-refractivity contribution >= 4 is 0 Å². The van der Waals surface area contributed by atoms with Crippen molar-refractivity contribution in [2.75, 3.05) is 7.11 Å². The molecular weight excluding hydrogens is 269 g/mol. The number of methoxy groups -OCH3 is 1. The molecule has 5 heteroatoms. The topological polar surface area (TPSA) is 53.1 Å². The molecule has 4 nitrogen and oxygen atoms in total. The molecule has 0 bridgehead atoms. The highest BCUT2D eigenvalue weighted by atomic mass is 19.1. The summed E-state index contributed by atoms with van der Waals surface area (Å²) in [6.07, 6.45) is 1.80. The number of ether oxygens (including phenoxy) is 1. The molecule has 1 aliphatic heterocycles. The predicted molar refractivity (Wildman–Crippen MR) is 79.9 cm³/mol. The number of aryl methyl sites for hydroxylation is 1. The van der Waals surface area contributed by atoms with Crippen molar-refractivity contribution in [3.05, 3.63) is 35.5 Å². The van der Waals surface area contributed by atoms with Gasteiger partial charge < -0.3 is 15.0 Å². The van der Waals surface area contributed by atoms with Gasteiger partial charge in [0.1, 0.15) is 5.82 Å². The number of hydrogen-bond acceptors (Lipinski definition) is 3. The number of aromatic nitrogens is 2. The van der Waals surface area contributed by atoms with Gasteiger partial charge in [0, 0.05) is 29.8 Å². The van der Waals surface area contributed by atoms with Gasteiger partial charge in [-0.05, 0) is 38.5 Å². The molecule has 1 aliphatic rings. The number of hydrogen-bond donors (Lipinski definition) is 1. The van der Waals surface area contributed by atoms with Crippen LogP contribution in [-0.4, -0.2) is 22.7 Å². The fourth-order valence-corrected chi connectivity index (χ4v) is 3.10. The number of rotatable bonds is 2. The molecule has 2 N–H and O–H groups in total. The minimum atomic E-state index is -0.370. The Labute approximate surface area is 123 Å². The summed E-state index contributed by atoms with van der Waals surface area (Å²) in [5.41, 5.74) is 8.78. The molecule has 0 radical (unpaired) electrons. The summed E-state index contributed by atoms with van der Waals surface area (Å²) < 4.78 is 21.1. The van der Waals surface area contributed by atoms with Crippen LogP contribution in [0.15, 0.2) is 18.2 Å². The Morgan fingerprint density at radius 1 is 1.43 bits per heavy atom. The monoisotopic (exact) mass is 289 g/mol. The lowest BCUT2D eigenvalue weighted by molar-refractivity contribution is 0.363. The third-order valence-electron chi connectivity index (χ3n) is 4.38. The number of nitrogens with two attached hydrogens (primary N) is 1. The molecule has 3 rings (SSSR count). The lowest BCUT2D eigenvalue weighted by atomic mass is 10.0. The highest BCUT2D eigenvalue weighted by molar-refractivity contribution is 5.63. The van der Waals surface area contributed by atoms with Crippen molar-refractivity contribution < 1.29 is 9.13 Å². The third-order valence-corrected chi connectivity index (χ3v) is 4.38. The van der Waals surface area contributed by atoms with Crippen LogP contribution in [-0.2, 0) is 6.42 Å². The maximum Gasteiger partial charge on any atom is 0.165 e. The lowest BCUT2D eigenvalue weighted by Gasteiger charge is -2.29. The van der Waals surface area contributed by atoms with Crippen molar-refractivity contribution in [3.63, 3.8) is 0 Å².